The first-order valence-electron chi connectivity index (χ1n) is 23.1. The second-order valence-electron chi connectivity index (χ2n) is 17.5. The summed E-state index contributed by atoms with van der Waals surface area (Å²) in [4.78, 5) is 2.34. The first-order chi connectivity index (χ1) is 33.7. The fourth-order valence-corrected chi connectivity index (χ4v) is 10.6. The van der Waals surface area contributed by atoms with Gasteiger partial charge in [-0.3, -0.25) is 0 Å². The predicted octanol–water partition coefficient (Wildman–Crippen LogP) is 18.7. The van der Waals surface area contributed by atoms with Crippen molar-refractivity contribution in [2.24, 2.45) is 0 Å². The van der Waals surface area contributed by atoms with Crippen molar-refractivity contribution in [3.05, 3.63) is 237 Å². The Hall–Kier alpha value is -9.12. The van der Waals surface area contributed by atoms with E-state index in [-0.39, 0.29) is 0 Å². The molecule has 4 heteroatoms. The Bertz CT molecular complexity index is 4250. The Balaban J connectivity index is 1.000. The molecule has 0 saturated heterocycles. The van der Waals surface area contributed by atoms with Gasteiger partial charge in [-0.2, -0.15) is 0 Å². The van der Waals surface area contributed by atoms with Crippen LogP contribution in [0, 0.1) is 0 Å². The first-order valence-corrected chi connectivity index (χ1v) is 23.1. The Morgan fingerprint density at radius 1 is 0.250 bits per heavy atom. The molecule has 0 spiro atoms. The lowest BCUT2D eigenvalue weighted by Crippen LogP contribution is -2.09. The molecule has 3 heterocycles. The van der Waals surface area contributed by atoms with Crippen LogP contribution in [0.15, 0.2) is 250 Å². The zero-order chi connectivity index (χ0) is 44.7. The van der Waals surface area contributed by atoms with Crippen LogP contribution in [-0.2, 0) is 0 Å². The molecular weight excluding hydrogens is 831 g/mol. The molecule has 0 unspecified atom stereocenters. The molecule has 0 fully saturated rings. The molecule has 11 aromatic carbocycles. The summed E-state index contributed by atoms with van der Waals surface area (Å²) in [5.74, 6) is 0. The third-order valence-corrected chi connectivity index (χ3v) is 13.7. The van der Waals surface area contributed by atoms with E-state index in [1.165, 1.54) is 21.9 Å². The molecule has 0 aliphatic rings. The van der Waals surface area contributed by atoms with Gasteiger partial charge in [0.05, 0.1) is 0 Å². The summed E-state index contributed by atoms with van der Waals surface area (Å²) in [5.41, 5.74) is 17.3. The molecule has 0 aliphatic heterocycles. The third kappa shape index (κ3) is 6.01. The molecule has 0 bridgehead atoms. The minimum absolute atomic E-state index is 0.844. The van der Waals surface area contributed by atoms with E-state index in [0.717, 1.165) is 116 Å². The van der Waals surface area contributed by atoms with Crippen molar-refractivity contribution in [3.8, 4) is 44.5 Å². The van der Waals surface area contributed by atoms with Gasteiger partial charge in [-0.15, -0.1) is 0 Å². The molecule has 68 heavy (non-hydrogen) atoms. The van der Waals surface area contributed by atoms with Gasteiger partial charge in [0.25, 0.3) is 0 Å². The minimum atomic E-state index is 0.844. The Labute approximate surface area is 391 Å². The van der Waals surface area contributed by atoms with Crippen molar-refractivity contribution in [3.63, 3.8) is 0 Å². The fraction of sp³-hybridized carbons (Fsp3) is 0. The number of anilines is 3. The zero-order valence-corrected chi connectivity index (χ0v) is 36.7. The number of rotatable bonds is 7. The summed E-state index contributed by atoms with van der Waals surface area (Å²) in [7, 11) is 0. The molecule has 0 radical (unpaired) electrons. The highest BCUT2D eigenvalue weighted by Gasteiger charge is 2.25. The van der Waals surface area contributed by atoms with Crippen LogP contribution < -0.4 is 4.90 Å². The highest BCUT2D eigenvalue weighted by Crippen LogP contribution is 2.50. The molecule has 4 nitrogen and oxygen atoms in total. The van der Waals surface area contributed by atoms with Gasteiger partial charge in [0, 0.05) is 60.5 Å². The number of hydrogen-bond donors (Lipinski definition) is 0. The van der Waals surface area contributed by atoms with E-state index >= 15 is 0 Å². The van der Waals surface area contributed by atoms with Crippen molar-refractivity contribution in [1.82, 2.24) is 0 Å². The summed E-state index contributed by atoms with van der Waals surface area (Å²) in [6.45, 7) is 0. The van der Waals surface area contributed by atoms with Crippen molar-refractivity contribution in [2.45, 2.75) is 0 Å². The van der Waals surface area contributed by atoms with Crippen molar-refractivity contribution in [2.75, 3.05) is 4.90 Å². The van der Waals surface area contributed by atoms with Gasteiger partial charge < -0.3 is 18.2 Å². The van der Waals surface area contributed by atoms with Gasteiger partial charge in [-0.1, -0.05) is 152 Å². The van der Waals surface area contributed by atoms with Crippen molar-refractivity contribution >= 4 is 93.7 Å². The molecule has 0 atom stereocenters. The van der Waals surface area contributed by atoms with Gasteiger partial charge in [-0.05, 0) is 129 Å². The Morgan fingerprint density at radius 3 is 1.38 bits per heavy atom. The topological polar surface area (TPSA) is 42.7 Å². The monoisotopic (exact) mass is 869 g/mol. The lowest BCUT2D eigenvalue weighted by atomic mass is 9.84. The number of fused-ring (bicyclic) bond motifs is 10. The van der Waals surface area contributed by atoms with Crippen LogP contribution in [0.3, 0.4) is 0 Å². The van der Waals surface area contributed by atoms with E-state index in [2.05, 4.69) is 217 Å². The lowest BCUT2D eigenvalue weighted by Gasteiger charge is -2.26. The summed E-state index contributed by atoms with van der Waals surface area (Å²) in [5, 5.41) is 8.89. The highest BCUT2D eigenvalue weighted by atomic mass is 16.3. The molecule has 0 aliphatic carbocycles. The smallest absolute Gasteiger partial charge is 0.136 e. The number of hydrogen-bond acceptors (Lipinski definition) is 4. The third-order valence-electron chi connectivity index (χ3n) is 13.7. The van der Waals surface area contributed by atoms with Crippen LogP contribution in [0.4, 0.5) is 17.1 Å². The maximum Gasteiger partial charge on any atom is 0.136 e. The van der Waals surface area contributed by atoms with Crippen LogP contribution in [0.5, 0.6) is 0 Å². The van der Waals surface area contributed by atoms with E-state index < -0.39 is 0 Å². The van der Waals surface area contributed by atoms with Gasteiger partial charge in [-0.25, -0.2) is 0 Å². The summed E-state index contributed by atoms with van der Waals surface area (Å²) < 4.78 is 19.5. The van der Waals surface area contributed by atoms with Gasteiger partial charge in [0.2, 0.25) is 0 Å². The van der Waals surface area contributed by atoms with Crippen LogP contribution in [0.2, 0.25) is 0 Å². The number of para-hydroxylation sites is 3. The molecule has 14 aromatic rings. The Morgan fingerprint density at radius 2 is 0.706 bits per heavy atom. The van der Waals surface area contributed by atoms with Gasteiger partial charge >= 0.3 is 0 Å². The highest BCUT2D eigenvalue weighted by molar-refractivity contribution is 6.22. The molecule has 3 aromatic heterocycles. The standard InChI is InChI=1S/C64H39NO3/c1-2-13-40(14-3-1)41-25-29-44(30-26-41)65(46-33-36-58-54(39-46)48-18-6-9-22-55(48)66-58)45-31-27-43(28-32-45)61-50(34-37-59-63(61)52-19-7-10-23-56(52)67-59)51-35-38-60-64(53-20-8-11-24-57(53)68-60)62(51)49-21-12-16-42-15-4-5-17-47(42)49/h1-39H. The van der Waals surface area contributed by atoms with Crippen LogP contribution in [-0.4, -0.2) is 0 Å². The SMILES string of the molecule is c1ccc(-c2ccc(N(c3ccc(-c4c(-c5ccc6oc7ccccc7c6c5-c5cccc6ccccc56)ccc5oc6ccccc6c45)cc3)c3ccc4oc5ccccc5c4c3)cc2)cc1. The zero-order valence-electron chi connectivity index (χ0n) is 36.7. The van der Waals surface area contributed by atoms with Gasteiger partial charge in [0.1, 0.15) is 33.5 Å². The van der Waals surface area contributed by atoms with Gasteiger partial charge in [0.15, 0.2) is 0 Å². The second kappa shape index (κ2) is 15.2. The van der Waals surface area contributed by atoms with Crippen molar-refractivity contribution in [1.29, 1.82) is 0 Å². The van der Waals surface area contributed by atoms with Crippen LogP contribution >= 0.6 is 0 Å². The second-order valence-corrected chi connectivity index (χ2v) is 17.5. The molecule has 0 N–H and O–H groups in total. The fourth-order valence-electron chi connectivity index (χ4n) is 10.6. The largest absolute Gasteiger partial charge is 0.456 e. The number of benzene rings is 11. The van der Waals surface area contributed by atoms with E-state index in [4.69, 9.17) is 13.3 Å². The Kier molecular flexibility index (Phi) is 8.55. The van der Waals surface area contributed by atoms with E-state index in [1.54, 1.807) is 0 Å². The quantitative estimate of drug-likeness (QED) is 0.160. The van der Waals surface area contributed by atoms with Crippen LogP contribution in [0.25, 0.3) is 121 Å². The maximum absolute atomic E-state index is 6.64. The minimum Gasteiger partial charge on any atom is -0.456 e. The predicted molar refractivity (Wildman–Crippen MR) is 282 cm³/mol. The molecule has 14 rings (SSSR count). The summed E-state index contributed by atoms with van der Waals surface area (Å²) >= 11 is 0. The normalized spacial score (nSPS) is 11.8. The summed E-state index contributed by atoms with van der Waals surface area (Å²) in [6, 6.07) is 84.0. The first kappa shape index (κ1) is 38.2. The molecule has 0 saturated carbocycles. The average Bonchev–Trinajstić information content (AvgIpc) is 4.10. The lowest BCUT2D eigenvalue weighted by molar-refractivity contribution is 0.668. The number of nitrogens with zero attached hydrogens (tertiary/aromatic N) is 1. The molecular formula is C64H39NO3. The van der Waals surface area contributed by atoms with E-state index in [9.17, 15) is 0 Å². The van der Waals surface area contributed by atoms with Crippen LogP contribution in [0.1, 0.15) is 0 Å². The summed E-state index contributed by atoms with van der Waals surface area (Å²) in [6.07, 6.45) is 0. The van der Waals surface area contributed by atoms with E-state index in [1.807, 2.05) is 24.3 Å². The molecule has 0 amide bonds. The maximum atomic E-state index is 6.64. The van der Waals surface area contributed by atoms with Crippen molar-refractivity contribution < 1.29 is 13.3 Å². The average molecular weight is 870 g/mol. The molecule has 318 valence electrons. The van der Waals surface area contributed by atoms with E-state index in [0.29, 0.717) is 0 Å². The number of furan rings is 3.